The molecule has 5 rings (SSSR count). The number of thiocarbonyl (C=S) groups is 1. The molecule has 0 amide bonds. The molecule has 0 radical (unpaired) electrons. The third-order valence-electron chi connectivity index (χ3n) is 5.79. The van der Waals surface area contributed by atoms with E-state index in [0.717, 1.165) is 28.9 Å². The summed E-state index contributed by atoms with van der Waals surface area (Å²) in [6.07, 6.45) is 8.59. The summed E-state index contributed by atoms with van der Waals surface area (Å²) in [5, 5.41) is 4.03. The predicted molar refractivity (Wildman–Crippen MR) is 141 cm³/mol. The second kappa shape index (κ2) is 9.47. The molecule has 0 bridgehead atoms. The van der Waals surface area contributed by atoms with Crippen molar-refractivity contribution in [2.45, 2.75) is 18.6 Å². The first-order valence-corrected chi connectivity index (χ1v) is 13.3. The highest BCUT2D eigenvalue weighted by atomic mass is 32.2. The summed E-state index contributed by atoms with van der Waals surface area (Å²) in [5.74, 6) is 0. The van der Waals surface area contributed by atoms with Crippen molar-refractivity contribution in [3.05, 3.63) is 108 Å². The van der Waals surface area contributed by atoms with Crippen LogP contribution in [0.3, 0.4) is 0 Å². The fourth-order valence-corrected chi connectivity index (χ4v) is 5.28. The number of rotatable bonds is 7. The third kappa shape index (κ3) is 5.03. The number of sulfonamides is 1. The Kier molecular flexibility index (Phi) is 6.23. The molecule has 0 aliphatic carbocycles. The normalized spacial score (nSPS) is 17.9. The number of hydrogen-bond acceptors (Lipinski definition) is 5. The molecule has 4 heterocycles. The van der Waals surface area contributed by atoms with Gasteiger partial charge < -0.3 is 14.8 Å². The average Bonchev–Trinajstić information content (AvgIpc) is 3.43. The Hall–Kier alpha value is -3.76. The number of nitrogens with zero attached hydrogens (tertiary/aromatic N) is 4. The van der Waals surface area contributed by atoms with Crippen LogP contribution in [0.25, 0.3) is 0 Å². The van der Waals surface area contributed by atoms with E-state index < -0.39 is 10.0 Å². The summed E-state index contributed by atoms with van der Waals surface area (Å²) in [6, 6.07) is 20.8. The Morgan fingerprint density at radius 2 is 1.86 bits per heavy atom. The highest BCUT2D eigenvalue weighted by Crippen LogP contribution is 2.42. The van der Waals surface area contributed by atoms with Crippen molar-refractivity contribution in [1.82, 2.24) is 19.9 Å². The molecule has 2 N–H and O–H groups in total. The van der Waals surface area contributed by atoms with Crippen LogP contribution in [0.5, 0.6) is 0 Å². The molecule has 1 aliphatic heterocycles. The molecule has 3 aromatic heterocycles. The fourth-order valence-electron chi connectivity index (χ4n) is 4.37. The van der Waals surface area contributed by atoms with E-state index >= 15 is 0 Å². The van der Waals surface area contributed by atoms with Gasteiger partial charge in [0.1, 0.15) is 6.04 Å². The largest absolute Gasteiger partial charge is 0.351 e. The zero-order valence-corrected chi connectivity index (χ0v) is 20.6. The molecule has 0 spiro atoms. The van der Waals surface area contributed by atoms with E-state index in [9.17, 15) is 8.42 Å². The zero-order valence-electron chi connectivity index (χ0n) is 18.9. The van der Waals surface area contributed by atoms with Gasteiger partial charge in [-0.1, -0.05) is 12.1 Å². The molecule has 35 heavy (non-hydrogen) atoms. The van der Waals surface area contributed by atoms with Gasteiger partial charge in [-0.05, 0) is 72.4 Å². The second-order valence-electron chi connectivity index (χ2n) is 8.34. The van der Waals surface area contributed by atoms with Gasteiger partial charge in [0.05, 0.1) is 18.0 Å². The minimum Gasteiger partial charge on any atom is -0.351 e. The Morgan fingerprint density at radius 1 is 1.03 bits per heavy atom. The van der Waals surface area contributed by atoms with Crippen LogP contribution in [0.15, 0.2) is 91.5 Å². The maximum Gasteiger partial charge on any atom is 0.229 e. The molecular weight excluding hydrogens is 480 g/mol. The van der Waals surface area contributed by atoms with Gasteiger partial charge in [0, 0.05) is 48.4 Å². The summed E-state index contributed by atoms with van der Waals surface area (Å²) < 4.78 is 27.9. The van der Waals surface area contributed by atoms with Crippen LogP contribution in [0.4, 0.5) is 11.4 Å². The molecule has 8 nitrogen and oxygen atoms in total. The maximum absolute atomic E-state index is 11.6. The minimum absolute atomic E-state index is 0.180. The number of anilines is 2. The van der Waals surface area contributed by atoms with Crippen molar-refractivity contribution in [1.29, 1.82) is 0 Å². The highest BCUT2D eigenvalue weighted by molar-refractivity contribution is 7.92. The number of hydrogen-bond donors (Lipinski definition) is 2. The standard InChI is InChI=1S/C25H24N6O2S2/c1-35(32,33)29-19-9-11-20(12-10-19)31-24(23(28-25(31)34)21-7-2-3-14-27-21)22-8-5-15-30(22)17-18-6-4-13-26-16-18/h2-16,23-24,29H,17H2,1H3,(H,28,34)/t23-,24+/m0/s1. The Bertz CT molecular complexity index is 1420. The van der Waals surface area contributed by atoms with Crippen LogP contribution >= 0.6 is 12.2 Å². The van der Waals surface area contributed by atoms with Gasteiger partial charge in [-0.2, -0.15) is 0 Å². The minimum atomic E-state index is -3.36. The summed E-state index contributed by atoms with van der Waals surface area (Å²) in [6.45, 7) is 0.666. The van der Waals surface area contributed by atoms with Gasteiger partial charge in [0.15, 0.2) is 5.11 Å². The highest BCUT2D eigenvalue weighted by Gasteiger charge is 2.42. The van der Waals surface area contributed by atoms with Crippen molar-refractivity contribution in [2.75, 3.05) is 15.9 Å². The van der Waals surface area contributed by atoms with E-state index in [1.54, 1.807) is 24.5 Å². The SMILES string of the molecule is CS(=O)(=O)Nc1ccc(N2C(=S)N[C@@H](c3ccccn3)[C@H]2c2cccn2Cc2cccnc2)cc1. The Labute approximate surface area is 209 Å². The lowest BCUT2D eigenvalue weighted by atomic mass is 10.0. The smallest absolute Gasteiger partial charge is 0.229 e. The Morgan fingerprint density at radius 3 is 2.54 bits per heavy atom. The first-order chi connectivity index (χ1) is 16.9. The van der Waals surface area contributed by atoms with Gasteiger partial charge >= 0.3 is 0 Å². The lowest BCUT2D eigenvalue weighted by Gasteiger charge is -2.29. The van der Waals surface area contributed by atoms with E-state index in [1.165, 1.54) is 0 Å². The van der Waals surface area contributed by atoms with Gasteiger partial charge in [-0.25, -0.2) is 8.42 Å². The topological polar surface area (TPSA) is 92.2 Å². The molecule has 2 atom stereocenters. The van der Waals surface area contributed by atoms with Crippen molar-refractivity contribution >= 4 is 38.7 Å². The van der Waals surface area contributed by atoms with Crippen LogP contribution in [-0.2, 0) is 16.6 Å². The lowest BCUT2D eigenvalue weighted by Crippen LogP contribution is -2.30. The molecular formula is C25H24N6O2S2. The molecule has 0 unspecified atom stereocenters. The molecule has 1 aromatic carbocycles. The first-order valence-electron chi connectivity index (χ1n) is 11.0. The predicted octanol–water partition coefficient (Wildman–Crippen LogP) is 3.88. The molecule has 1 fully saturated rings. The van der Waals surface area contributed by atoms with Crippen molar-refractivity contribution < 1.29 is 8.42 Å². The number of pyridine rings is 2. The van der Waals surface area contributed by atoms with Crippen LogP contribution in [0.1, 0.15) is 29.0 Å². The van der Waals surface area contributed by atoms with E-state index in [0.29, 0.717) is 17.3 Å². The number of aromatic nitrogens is 3. The maximum atomic E-state index is 11.6. The quantitative estimate of drug-likeness (QED) is 0.369. The lowest BCUT2D eigenvalue weighted by molar-refractivity contribution is 0.533. The fraction of sp³-hybridized carbons (Fsp3) is 0.160. The molecule has 0 saturated carbocycles. The van der Waals surface area contributed by atoms with Gasteiger partial charge in [0.2, 0.25) is 10.0 Å². The summed E-state index contributed by atoms with van der Waals surface area (Å²) >= 11 is 5.80. The van der Waals surface area contributed by atoms with E-state index in [1.807, 2.05) is 48.7 Å². The summed E-state index contributed by atoms with van der Waals surface area (Å²) in [7, 11) is -3.36. The molecule has 178 valence electrons. The van der Waals surface area contributed by atoms with Crippen LogP contribution < -0.4 is 14.9 Å². The second-order valence-corrected chi connectivity index (χ2v) is 10.5. The number of nitrogens with one attached hydrogen (secondary N) is 2. The average molecular weight is 505 g/mol. The van der Waals surface area contributed by atoms with Crippen molar-refractivity contribution in [2.24, 2.45) is 0 Å². The van der Waals surface area contributed by atoms with Crippen LogP contribution in [-0.4, -0.2) is 34.3 Å². The summed E-state index contributed by atoms with van der Waals surface area (Å²) in [4.78, 5) is 10.9. The van der Waals surface area contributed by atoms with Crippen LogP contribution in [0.2, 0.25) is 0 Å². The molecule has 4 aromatic rings. The molecule has 1 saturated heterocycles. The van der Waals surface area contributed by atoms with E-state index in [4.69, 9.17) is 12.2 Å². The van der Waals surface area contributed by atoms with Crippen molar-refractivity contribution in [3.63, 3.8) is 0 Å². The molecule has 10 heteroatoms. The number of benzene rings is 1. The Balaban J connectivity index is 1.55. The van der Waals surface area contributed by atoms with Crippen molar-refractivity contribution in [3.8, 4) is 0 Å². The van der Waals surface area contributed by atoms with Crippen LogP contribution in [0, 0.1) is 0 Å². The monoisotopic (exact) mass is 504 g/mol. The van der Waals surface area contributed by atoms with Gasteiger partial charge in [-0.15, -0.1) is 0 Å². The first kappa shape index (κ1) is 23.0. The zero-order chi connectivity index (χ0) is 24.4. The van der Waals surface area contributed by atoms with E-state index in [2.05, 4.69) is 47.8 Å². The molecule has 1 aliphatic rings. The van der Waals surface area contributed by atoms with Gasteiger partial charge in [0.25, 0.3) is 0 Å². The van der Waals surface area contributed by atoms with E-state index in [-0.39, 0.29) is 12.1 Å². The van der Waals surface area contributed by atoms with Gasteiger partial charge in [-0.3, -0.25) is 14.7 Å². The third-order valence-corrected chi connectivity index (χ3v) is 6.71. The summed E-state index contributed by atoms with van der Waals surface area (Å²) in [5.41, 5.74) is 4.38.